The Bertz CT molecular complexity index is 1030. The third kappa shape index (κ3) is 8.16. The topological polar surface area (TPSA) is 187 Å². The summed E-state index contributed by atoms with van der Waals surface area (Å²) in [6.45, 7) is -0.764. The van der Waals surface area contributed by atoms with E-state index in [9.17, 15) is 24.3 Å². The number of amides is 3. The number of aliphatic hydroxyl groups is 1. The fraction of sp³-hybridized carbons (Fsp3) is 0.455. The van der Waals surface area contributed by atoms with Crippen LogP contribution < -0.4 is 21.7 Å². The first-order chi connectivity index (χ1) is 16.7. The second-order valence-corrected chi connectivity index (χ2v) is 9.19. The van der Waals surface area contributed by atoms with Gasteiger partial charge in [0.15, 0.2) is 0 Å². The number of carboxylic acids is 1. The molecule has 0 fully saturated rings. The number of hydrogen-bond acceptors (Lipinski definition) is 8. The number of thioether (sulfide) groups is 1. The van der Waals surface area contributed by atoms with Crippen LogP contribution in [0, 0.1) is 0 Å². The Hall–Kier alpha value is -2.74. The highest BCUT2D eigenvalue weighted by molar-refractivity contribution is 7.98. The molecule has 0 saturated heterocycles. The number of carbonyl (C=O) groups is 4. The number of nitrogens with two attached hydrogens (primary N) is 1. The van der Waals surface area contributed by atoms with E-state index in [1.54, 1.807) is 6.20 Å². The van der Waals surface area contributed by atoms with Crippen LogP contribution in [0.2, 0.25) is 0 Å². The van der Waals surface area contributed by atoms with Gasteiger partial charge in [0.25, 0.3) is 0 Å². The molecule has 0 aliphatic heterocycles. The van der Waals surface area contributed by atoms with Crippen LogP contribution in [0.25, 0.3) is 10.9 Å². The van der Waals surface area contributed by atoms with Crippen LogP contribution in [-0.4, -0.2) is 87.4 Å². The number of benzene rings is 1. The maximum atomic E-state index is 12.9. The van der Waals surface area contributed by atoms with Gasteiger partial charge in [0, 0.05) is 22.9 Å². The van der Waals surface area contributed by atoms with Crippen LogP contribution in [0.3, 0.4) is 0 Å². The summed E-state index contributed by atoms with van der Waals surface area (Å²) in [5.74, 6) is -3.05. The lowest BCUT2D eigenvalue weighted by Crippen LogP contribution is -2.58. The number of aliphatic carboxylic acids is 1. The molecule has 1 aromatic carbocycles. The summed E-state index contributed by atoms with van der Waals surface area (Å²) in [6, 6.07) is 2.98. The Morgan fingerprint density at radius 1 is 1.06 bits per heavy atom. The number of carboxylic acid groups (broad SMARTS) is 1. The molecule has 2 rings (SSSR count). The molecule has 0 aliphatic carbocycles. The third-order valence-electron chi connectivity index (χ3n) is 5.31. The van der Waals surface area contributed by atoms with Crippen molar-refractivity contribution in [2.24, 2.45) is 5.73 Å². The number of rotatable bonds is 14. The van der Waals surface area contributed by atoms with E-state index in [0.717, 1.165) is 16.5 Å². The highest BCUT2D eigenvalue weighted by Crippen LogP contribution is 2.18. The molecule has 0 spiro atoms. The number of thiol groups is 1. The van der Waals surface area contributed by atoms with Gasteiger partial charge in [-0.3, -0.25) is 14.4 Å². The van der Waals surface area contributed by atoms with Gasteiger partial charge in [-0.2, -0.15) is 24.4 Å². The lowest BCUT2D eigenvalue weighted by Gasteiger charge is -2.24. The zero-order chi connectivity index (χ0) is 26.0. The minimum absolute atomic E-state index is 0.173. The van der Waals surface area contributed by atoms with Crippen LogP contribution in [0.15, 0.2) is 30.5 Å². The molecular formula is C22H31N5O6S2. The molecule has 13 heteroatoms. The van der Waals surface area contributed by atoms with Crippen molar-refractivity contribution in [2.75, 3.05) is 24.4 Å². The summed E-state index contributed by atoms with van der Waals surface area (Å²) >= 11 is 5.33. The molecule has 0 bridgehead atoms. The number of fused-ring (bicyclic) bond motifs is 1. The summed E-state index contributed by atoms with van der Waals surface area (Å²) in [5.41, 5.74) is 7.90. The summed E-state index contributed by atoms with van der Waals surface area (Å²) < 4.78 is 0. The third-order valence-corrected chi connectivity index (χ3v) is 6.32. The average molecular weight is 526 g/mol. The van der Waals surface area contributed by atoms with Crippen LogP contribution in [0.4, 0.5) is 0 Å². The van der Waals surface area contributed by atoms with Gasteiger partial charge in [-0.05, 0) is 36.5 Å². The van der Waals surface area contributed by atoms with E-state index < -0.39 is 54.5 Å². The maximum Gasteiger partial charge on any atom is 0.327 e. The summed E-state index contributed by atoms with van der Waals surface area (Å²) in [4.78, 5) is 52.2. The van der Waals surface area contributed by atoms with E-state index in [-0.39, 0.29) is 18.6 Å². The molecule has 8 N–H and O–H groups in total. The molecule has 192 valence electrons. The molecule has 35 heavy (non-hydrogen) atoms. The van der Waals surface area contributed by atoms with E-state index in [1.807, 2.05) is 30.5 Å². The Kier molecular flexibility index (Phi) is 11.4. The van der Waals surface area contributed by atoms with Crippen molar-refractivity contribution in [3.63, 3.8) is 0 Å². The number of aromatic amines is 1. The second-order valence-electron chi connectivity index (χ2n) is 7.84. The molecule has 0 aliphatic rings. The van der Waals surface area contributed by atoms with Crippen molar-refractivity contribution >= 4 is 59.0 Å². The first-order valence-corrected chi connectivity index (χ1v) is 12.9. The number of aliphatic hydroxyl groups excluding tert-OH is 1. The van der Waals surface area contributed by atoms with E-state index in [0.29, 0.717) is 5.75 Å². The van der Waals surface area contributed by atoms with Crippen LogP contribution in [-0.2, 0) is 25.6 Å². The van der Waals surface area contributed by atoms with Crippen molar-refractivity contribution in [3.8, 4) is 0 Å². The first kappa shape index (κ1) is 28.5. The highest BCUT2D eigenvalue weighted by atomic mass is 32.2. The van der Waals surface area contributed by atoms with Crippen molar-refractivity contribution in [1.82, 2.24) is 20.9 Å². The van der Waals surface area contributed by atoms with Gasteiger partial charge in [-0.15, -0.1) is 0 Å². The molecule has 0 saturated carbocycles. The Labute approximate surface area is 212 Å². The second kappa shape index (κ2) is 14.0. The lowest BCUT2D eigenvalue weighted by atomic mass is 10.0. The van der Waals surface area contributed by atoms with Crippen molar-refractivity contribution in [1.29, 1.82) is 0 Å². The fourth-order valence-corrected chi connectivity index (χ4v) is 4.06. The molecule has 4 unspecified atom stereocenters. The standard InChI is InChI=1S/C22H31N5O6S2/c1-35-7-6-16(20(30)26-17(10-28)21(31)27-18(11-34)22(32)33)25-19(29)14(23)8-12-9-24-15-5-3-2-4-13(12)15/h2-5,9,14,16-18,24,28,34H,6-8,10-11,23H2,1H3,(H,25,29)(H,26,30)(H,27,31)(H,32,33). The number of carbonyl (C=O) groups excluding carboxylic acids is 3. The number of nitrogens with one attached hydrogen (secondary N) is 4. The lowest BCUT2D eigenvalue weighted by molar-refractivity contribution is -0.142. The van der Waals surface area contributed by atoms with Gasteiger partial charge in [-0.1, -0.05) is 18.2 Å². The van der Waals surface area contributed by atoms with Crippen molar-refractivity contribution in [3.05, 3.63) is 36.0 Å². The number of H-pyrrole nitrogens is 1. The zero-order valence-electron chi connectivity index (χ0n) is 19.2. The SMILES string of the molecule is CSCCC(NC(=O)C(N)Cc1c[nH]c2ccccc12)C(=O)NC(CO)C(=O)NC(CS)C(=O)O. The smallest absolute Gasteiger partial charge is 0.327 e. The Balaban J connectivity index is 2.04. The molecule has 1 heterocycles. The minimum atomic E-state index is -1.40. The predicted molar refractivity (Wildman–Crippen MR) is 137 cm³/mol. The predicted octanol–water partition coefficient (Wildman–Crippen LogP) is -0.748. The van der Waals surface area contributed by atoms with E-state index in [2.05, 4.69) is 33.6 Å². The zero-order valence-corrected chi connectivity index (χ0v) is 20.9. The molecule has 4 atom stereocenters. The summed E-state index contributed by atoms with van der Waals surface area (Å²) in [5, 5.41) is 26.8. The van der Waals surface area contributed by atoms with Gasteiger partial charge < -0.3 is 36.9 Å². The molecule has 2 aromatic rings. The van der Waals surface area contributed by atoms with Gasteiger partial charge in [-0.25, -0.2) is 4.79 Å². The minimum Gasteiger partial charge on any atom is -0.480 e. The van der Waals surface area contributed by atoms with Crippen molar-refractivity contribution in [2.45, 2.75) is 37.0 Å². The molecule has 0 radical (unpaired) electrons. The number of hydrogen-bond donors (Lipinski definition) is 8. The molecule has 3 amide bonds. The number of para-hydroxylation sites is 1. The van der Waals surface area contributed by atoms with Crippen LogP contribution >= 0.6 is 24.4 Å². The van der Waals surface area contributed by atoms with E-state index in [4.69, 9.17) is 10.8 Å². The Morgan fingerprint density at radius 2 is 1.69 bits per heavy atom. The molecular weight excluding hydrogens is 494 g/mol. The van der Waals surface area contributed by atoms with Crippen LogP contribution in [0.1, 0.15) is 12.0 Å². The van der Waals surface area contributed by atoms with E-state index >= 15 is 0 Å². The van der Waals surface area contributed by atoms with Gasteiger partial charge >= 0.3 is 5.97 Å². The quantitative estimate of drug-likeness (QED) is 0.148. The van der Waals surface area contributed by atoms with Gasteiger partial charge in [0.1, 0.15) is 18.1 Å². The normalized spacial score (nSPS) is 14.5. The van der Waals surface area contributed by atoms with Crippen LogP contribution in [0.5, 0.6) is 0 Å². The summed E-state index contributed by atoms with van der Waals surface area (Å²) in [6.07, 6.45) is 4.13. The number of aromatic nitrogens is 1. The monoisotopic (exact) mass is 525 g/mol. The Morgan fingerprint density at radius 3 is 2.31 bits per heavy atom. The fourth-order valence-electron chi connectivity index (χ4n) is 3.34. The average Bonchev–Trinajstić information content (AvgIpc) is 3.25. The maximum absolute atomic E-state index is 12.9. The molecule has 11 nitrogen and oxygen atoms in total. The molecule has 1 aromatic heterocycles. The van der Waals surface area contributed by atoms with Gasteiger partial charge in [0.2, 0.25) is 17.7 Å². The first-order valence-electron chi connectivity index (χ1n) is 10.9. The van der Waals surface area contributed by atoms with Gasteiger partial charge in [0.05, 0.1) is 12.6 Å². The summed E-state index contributed by atoms with van der Waals surface area (Å²) in [7, 11) is 0. The largest absolute Gasteiger partial charge is 0.480 e. The van der Waals surface area contributed by atoms with E-state index in [1.165, 1.54) is 11.8 Å². The highest BCUT2D eigenvalue weighted by Gasteiger charge is 2.29. The van der Waals surface area contributed by atoms with Crippen molar-refractivity contribution < 1.29 is 29.4 Å².